The van der Waals surface area contributed by atoms with E-state index in [0.717, 1.165) is 193 Å². The highest BCUT2D eigenvalue weighted by Gasteiger charge is 2.30. The van der Waals surface area contributed by atoms with E-state index >= 15 is 0 Å². The van der Waals surface area contributed by atoms with Gasteiger partial charge in [0.2, 0.25) is 0 Å². The number of carbonyl (C=O) groups is 4. The maximum atomic E-state index is 13.1. The molecule has 0 saturated carbocycles. The van der Waals surface area contributed by atoms with Gasteiger partial charge in [0.1, 0.15) is 19.3 Å². The zero-order chi connectivity index (χ0) is 76.0. The van der Waals surface area contributed by atoms with Crippen LogP contribution in [-0.2, 0) is 65.4 Å². The van der Waals surface area contributed by atoms with Crippen LogP contribution in [0.1, 0.15) is 349 Å². The van der Waals surface area contributed by atoms with Gasteiger partial charge in [-0.2, -0.15) is 0 Å². The summed E-state index contributed by atoms with van der Waals surface area (Å²) >= 11 is 0. The fraction of sp³-hybridized carbons (Fsp3) is 0.741. The van der Waals surface area contributed by atoms with E-state index in [-0.39, 0.29) is 25.7 Å². The van der Waals surface area contributed by atoms with Crippen molar-refractivity contribution in [2.45, 2.75) is 367 Å². The number of aliphatic hydroxyl groups excluding tert-OH is 1. The maximum Gasteiger partial charge on any atom is 0.472 e. The fourth-order valence-corrected chi connectivity index (χ4v) is 12.6. The summed E-state index contributed by atoms with van der Waals surface area (Å²) < 4.78 is 68.7. The number of rotatable bonds is 77. The molecule has 0 spiro atoms. The van der Waals surface area contributed by atoms with Gasteiger partial charge < -0.3 is 33.8 Å². The number of aliphatic hydroxyl groups is 1. The van der Waals surface area contributed by atoms with Gasteiger partial charge in [-0.25, -0.2) is 9.13 Å². The maximum absolute atomic E-state index is 13.1. The number of phosphoric acid groups is 2. The number of allylic oxidation sites excluding steroid dienone is 18. The van der Waals surface area contributed by atoms with Crippen LogP contribution in [-0.4, -0.2) is 96.7 Å². The third-order valence-corrected chi connectivity index (χ3v) is 19.1. The first-order valence-corrected chi connectivity index (χ1v) is 44.1. The number of phosphoric ester groups is 2. The topological polar surface area (TPSA) is 237 Å². The molecule has 0 fully saturated rings. The molecule has 5 unspecified atom stereocenters. The standard InChI is InChI=1S/C85H148O17P2/c1-5-9-13-17-21-25-29-33-35-37-39-41-43-47-49-53-57-61-65-69-82(87)95-75-80(101-84(89)71-67-63-59-55-51-45-31-27-23-19-15-11-7-3)77-99-103(91,92)97-73-79(86)74-98-104(93,94)100-78-81(102-85(90)72-68-64-60-56-52-46-32-28-24-20-16-12-8-4)76-96-83(88)70-66-62-58-54-50-48-44-42-40-38-36-34-30-26-22-18-14-10-6-2/h9-10,13-14,21-22,25-27,31,33-36,39-42,79-81,86H,5-8,11-12,15-20,23-24,28-30,32,37-38,43-78H2,1-4H3,(H,91,92)(H,93,94)/b13-9-,14-10-,25-21-,26-22-,31-27-,35-33-,36-34-,41-39-,42-40-. The monoisotopic (exact) mass is 1500 g/mol. The van der Waals surface area contributed by atoms with E-state index in [2.05, 4.69) is 137 Å². The van der Waals surface area contributed by atoms with Crippen molar-refractivity contribution < 1.29 is 80.2 Å². The largest absolute Gasteiger partial charge is 0.472 e. The van der Waals surface area contributed by atoms with Crippen molar-refractivity contribution in [2.24, 2.45) is 0 Å². The molecule has 0 aliphatic heterocycles. The number of ether oxygens (including phenoxy) is 4. The Labute approximate surface area is 632 Å². The van der Waals surface area contributed by atoms with Crippen LogP contribution < -0.4 is 0 Å². The first-order valence-electron chi connectivity index (χ1n) is 41.1. The quantitative estimate of drug-likeness (QED) is 0.0169. The zero-order valence-electron chi connectivity index (χ0n) is 65.7. The Morgan fingerprint density at radius 3 is 0.788 bits per heavy atom. The van der Waals surface area contributed by atoms with E-state index in [1.807, 2.05) is 0 Å². The summed E-state index contributed by atoms with van der Waals surface area (Å²) in [4.78, 5) is 73.1. The highest BCUT2D eigenvalue weighted by molar-refractivity contribution is 7.47. The highest BCUT2D eigenvalue weighted by atomic mass is 31.2. The third kappa shape index (κ3) is 75.9. The molecule has 3 N–H and O–H groups in total. The second-order valence-electron chi connectivity index (χ2n) is 27.3. The summed E-state index contributed by atoms with van der Waals surface area (Å²) in [5.41, 5.74) is 0. The van der Waals surface area contributed by atoms with E-state index in [4.69, 9.17) is 37.0 Å². The van der Waals surface area contributed by atoms with E-state index in [9.17, 15) is 43.2 Å². The second-order valence-corrected chi connectivity index (χ2v) is 30.2. The SMILES string of the molecule is CC/C=C\C/C=C\C/C=C\C/C=C\CCCCCCCCC(=O)OCC(COP(=O)(O)OCC(O)COP(=O)(O)OCC(COC(=O)CCCCCCCC/C=C\C/C=C\C/C=C\C/C=C\CC)OC(=O)CCCCCCCCCCCCCCC)OC(=O)CCCCCCC/C=C\CCCCCC. The van der Waals surface area contributed by atoms with Crippen LogP contribution in [0.15, 0.2) is 109 Å². The lowest BCUT2D eigenvalue weighted by molar-refractivity contribution is -0.161. The molecule has 0 aromatic carbocycles. The van der Waals surface area contributed by atoms with Crippen LogP contribution in [0, 0.1) is 0 Å². The minimum Gasteiger partial charge on any atom is -0.462 e. The molecule has 0 saturated heterocycles. The van der Waals surface area contributed by atoms with Crippen molar-refractivity contribution in [3.63, 3.8) is 0 Å². The molecule has 0 bridgehead atoms. The Balaban J connectivity index is 5.33. The summed E-state index contributed by atoms with van der Waals surface area (Å²) in [6, 6.07) is 0. The van der Waals surface area contributed by atoms with Crippen molar-refractivity contribution in [1.82, 2.24) is 0 Å². The summed E-state index contributed by atoms with van der Waals surface area (Å²) in [7, 11) is -9.96. The van der Waals surface area contributed by atoms with E-state index in [1.54, 1.807) is 0 Å². The summed E-state index contributed by atoms with van der Waals surface area (Å²) in [5.74, 6) is -2.19. The Bertz CT molecular complexity index is 2390. The lowest BCUT2D eigenvalue weighted by Crippen LogP contribution is -2.30. The number of esters is 4. The molecule has 0 aliphatic rings. The first-order chi connectivity index (χ1) is 50.7. The van der Waals surface area contributed by atoms with Crippen LogP contribution in [0.3, 0.4) is 0 Å². The smallest absolute Gasteiger partial charge is 0.462 e. The lowest BCUT2D eigenvalue weighted by Gasteiger charge is -2.21. The van der Waals surface area contributed by atoms with E-state index in [1.165, 1.54) is 77.0 Å². The Hall–Kier alpha value is -4.28. The first kappa shape index (κ1) is 99.7. The van der Waals surface area contributed by atoms with Gasteiger partial charge in [-0.1, -0.05) is 304 Å². The van der Waals surface area contributed by atoms with Crippen molar-refractivity contribution in [2.75, 3.05) is 39.6 Å². The van der Waals surface area contributed by atoms with Crippen LogP contribution in [0.25, 0.3) is 0 Å². The molecule has 19 heteroatoms. The Morgan fingerprint density at radius 1 is 0.279 bits per heavy atom. The Kier molecular flexibility index (Phi) is 73.7. The fourth-order valence-electron chi connectivity index (χ4n) is 11.0. The lowest BCUT2D eigenvalue weighted by atomic mass is 10.0. The predicted molar refractivity (Wildman–Crippen MR) is 427 cm³/mol. The molecule has 0 heterocycles. The second kappa shape index (κ2) is 76.9. The van der Waals surface area contributed by atoms with Gasteiger partial charge in [0.05, 0.1) is 26.4 Å². The van der Waals surface area contributed by atoms with E-state index in [0.29, 0.717) is 25.7 Å². The van der Waals surface area contributed by atoms with Gasteiger partial charge in [-0.15, -0.1) is 0 Å². The average molecular weight is 1500 g/mol. The summed E-state index contributed by atoms with van der Waals surface area (Å²) in [5, 5.41) is 10.6. The van der Waals surface area contributed by atoms with Crippen molar-refractivity contribution in [1.29, 1.82) is 0 Å². The molecule has 104 heavy (non-hydrogen) atoms. The van der Waals surface area contributed by atoms with Crippen LogP contribution in [0.4, 0.5) is 0 Å². The van der Waals surface area contributed by atoms with Gasteiger partial charge >= 0.3 is 39.5 Å². The Morgan fingerprint density at radius 2 is 0.500 bits per heavy atom. The number of hydrogen-bond donors (Lipinski definition) is 3. The van der Waals surface area contributed by atoms with Gasteiger partial charge in [0.15, 0.2) is 12.2 Å². The molecule has 600 valence electrons. The van der Waals surface area contributed by atoms with Crippen LogP contribution >= 0.6 is 15.6 Å². The molecule has 0 radical (unpaired) electrons. The molecule has 0 rings (SSSR count). The minimum atomic E-state index is -4.98. The minimum absolute atomic E-state index is 0.0815. The third-order valence-electron chi connectivity index (χ3n) is 17.2. The summed E-state index contributed by atoms with van der Waals surface area (Å²) in [6.07, 6.45) is 83.4. The average Bonchev–Trinajstić information content (AvgIpc) is 0.913. The molecule has 0 amide bonds. The van der Waals surface area contributed by atoms with Crippen molar-refractivity contribution in [3.05, 3.63) is 109 Å². The van der Waals surface area contributed by atoms with Crippen molar-refractivity contribution in [3.8, 4) is 0 Å². The summed E-state index contributed by atoms with van der Waals surface area (Å²) in [6.45, 7) is 4.64. The van der Waals surface area contributed by atoms with Gasteiger partial charge in [0.25, 0.3) is 0 Å². The van der Waals surface area contributed by atoms with Crippen molar-refractivity contribution >= 4 is 39.5 Å². The molecule has 5 atom stereocenters. The molecule has 0 aromatic rings. The number of carbonyl (C=O) groups excluding carboxylic acids is 4. The molecule has 17 nitrogen and oxygen atoms in total. The normalized spacial score (nSPS) is 14.4. The number of unbranched alkanes of at least 4 members (excludes halogenated alkanes) is 33. The highest BCUT2D eigenvalue weighted by Crippen LogP contribution is 2.45. The molecule has 0 aromatic heterocycles. The van der Waals surface area contributed by atoms with Crippen LogP contribution in [0.2, 0.25) is 0 Å². The van der Waals surface area contributed by atoms with Gasteiger partial charge in [-0.3, -0.25) is 37.3 Å². The van der Waals surface area contributed by atoms with Gasteiger partial charge in [-0.05, 0) is 128 Å². The zero-order valence-corrected chi connectivity index (χ0v) is 67.5. The molecular weight excluding hydrogens is 1350 g/mol. The predicted octanol–water partition coefficient (Wildman–Crippen LogP) is 24.1. The molecule has 0 aliphatic carbocycles. The van der Waals surface area contributed by atoms with E-state index < -0.39 is 97.5 Å². The van der Waals surface area contributed by atoms with Crippen LogP contribution in [0.5, 0.6) is 0 Å². The number of hydrogen-bond acceptors (Lipinski definition) is 15. The molecular formula is C85H148O17P2. The van der Waals surface area contributed by atoms with Gasteiger partial charge in [0, 0.05) is 25.7 Å².